The Morgan fingerprint density at radius 1 is 1.32 bits per heavy atom. The summed E-state index contributed by atoms with van der Waals surface area (Å²) in [7, 11) is 2.99. The fraction of sp³-hybridized carbons (Fsp3) is 0.650. The molecule has 140 valence electrons. The van der Waals surface area contributed by atoms with E-state index >= 15 is 0 Å². The molecule has 0 radical (unpaired) electrons. The van der Waals surface area contributed by atoms with Crippen LogP contribution in [-0.4, -0.2) is 26.2 Å². The highest BCUT2D eigenvalue weighted by Gasteiger charge is 2.31. The second kappa shape index (κ2) is 8.45. The molecule has 0 aliphatic heterocycles. The third-order valence-electron chi connectivity index (χ3n) is 5.38. The van der Waals surface area contributed by atoms with Crippen LogP contribution < -0.4 is 15.8 Å². The standard InChI is InChI=1S/C20H32N2O3/c1-12(2)15-7-6-13(3)8-17(15)22-18-11-19(24-4)14(9-16(18)21)10-20(23)25-5/h9,11-13,15,17,22H,6-8,10,21H2,1-5H3/t13-,15+,17-/m1/s1. The summed E-state index contributed by atoms with van der Waals surface area (Å²) in [6.45, 7) is 6.89. The number of ether oxygens (including phenoxy) is 2. The van der Waals surface area contributed by atoms with E-state index in [0.29, 0.717) is 35.2 Å². The van der Waals surface area contributed by atoms with E-state index in [1.165, 1.54) is 20.0 Å². The van der Waals surface area contributed by atoms with Gasteiger partial charge in [-0.2, -0.15) is 0 Å². The Bertz CT molecular complexity index is 601. The average Bonchev–Trinajstić information content (AvgIpc) is 2.56. The van der Waals surface area contributed by atoms with Gasteiger partial charge in [-0.05, 0) is 36.7 Å². The molecule has 2 rings (SSSR count). The van der Waals surface area contributed by atoms with Gasteiger partial charge < -0.3 is 20.5 Å². The number of nitrogen functional groups attached to an aromatic ring is 1. The van der Waals surface area contributed by atoms with Gasteiger partial charge in [-0.3, -0.25) is 4.79 Å². The first-order chi connectivity index (χ1) is 11.8. The highest BCUT2D eigenvalue weighted by atomic mass is 16.5. The van der Waals surface area contributed by atoms with Crippen molar-refractivity contribution < 1.29 is 14.3 Å². The van der Waals surface area contributed by atoms with E-state index in [2.05, 4.69) is 26.1 Å². The molecule has 0 amide bonds. The maximum Gasteiger partial charge on any atom is 0.310 e. The number of benzene rings is 1. The zero-order chi connectivity index (χ0) is 18.6. The van der Waals surface area contributed by atoms with Gasteiger partial charge in [0.25, 0.3) is 0 Å². The Hall–Kier alpha value is -1.91. The van der Waals surface area contributed by atoms with Crippen molar-refractivity contribution in [2.75, 3.05) is 25.3 Å². The zero-order valence-electron chi connectivity index (χ0n) is 16.1. The van der Waals surface area contributed by atoms with E-state index < -0.39 is 0 Å². The molecule has 5 nitrogen and oxygen atoms in total. The molecule has 25 heavy (non-hydrogen) atoms. The zero-order valence-corrected chi connectivity index (χ0v) is 16.1. The van der Waals surface area contributed by atoms with Crippen molar-refractivity contribution in [1.82, 2.24) is 0 Å². The van der Waals surface area contributed by atoms with Crippen LogP contribution >= 0.6 is 0 Å². The Kier molecular flexibility index (Phi) is 6.57. The molecule has 0 heterocycles. The van der Waals surface area contributed by atoms with Crippen LogP contribution in [0.25, 0.3) is 0 Å². The van der Waals surface area contributed by atoms with Crippen LogP contribution in [0.5, 0.6) is 5.75 Å². The van der Waals surface area contributed by atoms with Crippen molar-refractivity contribution in [2.45, 2.75) is 52.5 Å². The molecule has 0 unspecified atom stereocenters. The van der Waals surface area contributed by atoms with Gasteiger partial charge in [-0.25, -0.2) is 0 Å². The van der Waals surface area contributed by atoms with Crippen LogP contribution in [0.3, 0.4) is 0 Å². The monoisotopic (exact) mass is 348 g/mol. The Balaban J connectivity index is 2.24. The minimum atomic E-state index is -0.306. The van der Waals surface area contributed by atoms with Crippen LogP contribution in [0.2, 0.25) is 0 Å². The number of carbonyl (C=O) groups excluding carboxylic acids is 1. The Morgan fingerprint density at radius 2 is 2.04 bits per heavy atom. The third-order valence-corrected chi connectivity index (χ3v) is 5.38. The highest BCUT2D eigenvalue weighted by Crippen LogP contribution is 2.37. The van der Waals surface area contributed by atoms with E-state index in [4.69, 9.17) is 15.2 Å². The minimum Gasteiger partial charge on any atom is -0.496 e. The van der Waals surface area contributed by atoms with Crippen molar-refractivity contribution in [3.05, 3.63) is 17.7 Å². The number of esters is 1. The highest BCUT2D eigenvalue weighted by molar-refractivity contribution is 5.77. The molecule has 1 aliphatic carbocycles. The fourth-order valence-electron chi connectivity index (χ4n) is 3.89. The van der Waals surface area contributed by atoms with Crippen LogP contribution in [0.1, 0.15) is 45.6 Å². The lowest BCUT2D eigenvalue weighted by atomic mass is 9.74. The summed E-state index contributed by atoms with van der Waals surface area (Å²) in [4.78, 5) is 11.6. The van der Waals surface area contributed by atoms with Crippen molar-refractivity contribution in [3.8, 4) is 5.75 Å². The lowest BCUT2D eigenvalue weighted by molar-refractivity contribution is -0.139. The van der Waals surface area contributed by atoms with Crippen molar-refractivity contribution in [2.24, 2.45) is 17.8 Å². The molecule has 0 saturated heterocycles. The maximum atomic E-state index is 11.6. The SMILES string of the molecule is COC(=O)Cc1cc(N)c(N[C@@H]2C[C@H](C)CC[C@H]2C(C)C)cc1OC. The molecule has 1 aliphatic rings. The fourth-order valence-corrected chi connectivity index (χ4v) is 3.89. The second-order valence-corrected chi connectivity index (χ2v) is 7.58. The smallest absolute Gasteiger partial charge is 0.310 e. The number of methoxy groups -OCH3 is 2. The first kappa shape index (κ1) is 19.4. The summed E-state index contributed by atoms with van der Waals surface area (Å²) >= 11 is 0. The molecule has 1 fully saturated rings. The van der Waals surface area contributed by atoms with E-state index in [0.717, 1.165) is 17.7 Å². The predicted molar refractivity (Wildman–Crippen MR) is 102 cm³/mol. The molecular formula is C20H32N2O3. The summed E-state index contributed by atoms with van der Waals surface area (Å²) in [6.07, 6.45) is 3.83. The Morgan fingerprint density at radius 3 is 2.64 bits per heavy atom. The normalized spacial score (nSPS) is 23.4. The first-order valence-electron chi connectivity index (χ1n) is 9.15. The summed E-state index contributed by atoms with van der Waals surface area (Å²) in [5.74, 6) is 2.34. The topological polar surface area (TPSA) is 73.6 Å². The van der Waals surface area contributed by atoms with Crippen molar-refractivity contribution in [1.29, 1.82) is 0 Å². The molecule has 5 heteroatoms. The van der Waals surface area contributed by atoms with Gasteiger partial charge in [-0.15, -0.1) is 0 Å². The van der Waals surface area contributed by atoms with E-state index in [1.54, 1.807) is 7.11 Å². The molecule has 3 atom stereocenters. The predicted octanol–water partition coefficient (Wildman–Crippen LogP) is 3.87. The van der Waals surface area contributed by atoms with E-state index in [9.17, 15) is 4.79 Å². The lowest BCUT2D eigenvalue weighted by Gasteiger charge is -2.38. The van der Waals surface area contributed by atoms with E-state index in [1.807, 2.05) is 12.1 Å². The van der Waals surface area contributed by atoms with Gasteiger partial charge in [0.2, 0.25) is 0 Å². The van der Waals surface area contributed by atoms with Crippen molar-refractivity contribution >= 4 is 17.3 Å². The van der Waals surface area contributed by atoms with Gasteiger partial charge in [0.1, 0.15) is 5.75 Å². The average molecular weight is 348 g/mol. The van der Waals surface area contributed by atoms with Gasteiger partial charge in [0.15, 0.2) is 0 Å². The number of carbonyl (C=O) groups is 1. The minimum absolute atomic E-state index is 0.152. The number of hydrogen-bond acceptors (Lipinski definition) is 5. The number of rotatable bonds is 6. The molecule has 0 spiro atoms. The maximum absolute atomic E-state index is 11.6. The molecular weight excluding hydrogens is 316 g/mol. The third kappa shape index (κ3) is 4.80. The first-order valence-corrected chi connectivity index (χ1v) is 9.15. The van der Waals surface area contributed by atoms with Gasteiger partial charge in [0.05, 0.1) is 32.0 Å². The molecule has 1 aromatic carbocycles. The van der Waals surface area contributed by atoms with Crippen LogP contribution in [0.4, 0.5) is 11.4 Å². The van der Waals surface area contributed by atoms with Crippen molar-refractivity contribution in [3.63, 3.8) is 0 Å². The van der Waals surface area contributed by atoms with Gasteiger partial charge in [-0.1, -0.05) is 27.2 Å². The second-order valence-electron chi connectivity index (χ2n) is 7.58. The van der Waals surface area contributed by atoms with Gasteiger partial charge >= 0.3 is 5.97 Å². The quantitative estimate of drug-likeness (QED) is 0.603. The summed E-state index contributed by atoms with van der Waals surface area (Å²) in [6, 6.07) is 4.13. The Labute approximate surface area is 151 Å². The van der Waals surface area contributed by atoms with Gasteiger partial charge in [0, 0.05) is 17.7 Å². The van der Waals surface area contributed by atoms with E-state index in [-0.39, 0.29) is 12.4 Å². The van der Waals surface area contributed by atoms with Crippen LogP contribution in [0.15, 0.2) is 12.1 Å². The lowest BCUT2D eigenvalue weighted by Crippen LogP contribution is -2.38. The summed E-state index contributed by atoms with van der Waals surface area (Å²) in [5, 5.41) is 3.66. The van der Waals surface area contributed by atoms with Crippen LogP contribution in [-0.2, 0) is 16.0 Å². The molecule has 1 saturated carbocycles. The number of nitrogens with two attached hydrogens (primary N) is 1. The molecule has 1 aromatic rings. The summed E-state index contributed by atoms with van der Waals surface area (Å²) in [5.41, 5.74) is 8.53. The number of hydrogen-bond donors (Lipinski definition) is 2. The summed E-state index contributed by atoms with van der Waals surface area (Å²) < 4.78 is 10.2. The molecule has 0 bridgehead atoms. The molecule has 0 aromatic heterocycles. The number of anilines is 2. The van der Waals surface area contributed by atoms with Crippen LogP contribution in [0, 0.1) is 17.8 Å². The number of nitrogens with one attached hydrogen (secondary N) is 1. The molecule has 3 N–H and O–H groups in total. The largest absolute Gasteiger partial charge is 0.496 e.